The number of H-pyrrole nitrogens is 1. The zero-order chi connectivity index (χ0) is 23.2. The lowest BCUT2D eigenvalue weighted by atomic mass is 10.0. The number of benzene rings is 3. The van der Waals surface area contributed by atoms with Crippen LogP contribution in [0.4, 0.5) is 11.4 Å². The van der Waals surface area contributed by atoms with Gasteiger partial charge < -0.3 is 15.2 Å². The van der Waals surface area contributed by atoms with Crippen molar-refractivity contribution in [2.45, 2.75) is 33.3 Å². The number of hydrogen-bond acceptors (Lipinski definition) is 7. The number of hydrogen-bond donors (Lipinski definition) is 3. The maximum atomic E-state index is 11.8. The smallest absolute Gasteiger partial charge is 0.204 e. The molecule has 8 nitrogen and oxygen atoms in total. The number of nitrogens with one attached hydrogen (secondary N) is 2. The predicted octanol–water partition coefficient (Wildman–Crippen LogP) is 5.05. The molecule has 0 aliphatic heterocycles. The van der Waals surface area contributed by atoms with E-state index >= 15 is 0 Å². The van der Waals surface area contributed by atoms with Gasteiger partial charge in [-0.25, -0.2) is 0 Å². The molecule has 0 amide bonds. The van der Waals surface area contributed by atoms with Gasteiger partial charge in [0.25, 0.3) is 0 Å². The Kier molecular flexibility index (Phi) is 6.64. The van der Waals surface area contributed by atoms with Gasteiger partial charge >= 0.3 is 0 Å². The molecule has 1 aromatic heterocycles. The van der Waals surface area contributed by atoms with Crippen molar-refractivity contribution in [1.82, 2.24) is 20.6 Å². The van der Waals surface area contributed by atoms with E-state index in [0.29, 0.717) is 35.7 Å². The summed E-state index contributed by atoms with van der Waals surface area (Å²) in [6, 6.07) is 19.0. The van der Waals surface area contributed by atoms with Crippen molar-refractivity contribution in [2.24, 2.45) is 0 Å². The Hall–Kier alpha value is -4.20. The van der Waals surface area contributed by atoms with Crippen molar-refractivity contribution >= 4 is 17.2 Å². The lowest BCUT2D eigenvalue weighted by molar-refractivity contribution is 0.101. The third-order valence-electron chi connectivity index (χ3n) is 5.22. The molecule has 0 bridgehead atoms. The normalized spacial score (nSPS) is 10.7. The molecule has 4 aromatic rings. The summed E-state index contributed by atoms with van der Waals surface area (Å²) in [5, 5.41) is 27.9. The maximum Gasteiger partial charge on any atom is 0.204 e. The van der Waals surface area contributed by atoms with Crippen molar-refractivity contribution in [2.75, 3.05) is 5.32 Å². The van der Waals surface area contributed by atoms with Gasteiger partial charge in [0, 0.05) is 22.5 Å². The van der Waals surface area contributed by atoms with E-state index in [0.717, 1.165) is 28.9 Å². The molecule has 33 heavy (non-hydrogen) atoms. The van der Waals surface area contributed by atoms with E-state index in [9.17, 15) is 9.90 Å². The van der Waals surface area contributed by atoms with Gasteiger partial charge in [0.1, 0.15) is 18.1 Å². The molecule has 0 saturated carbocycles. The van der Waals surface area contributed by atoms with Gasteiger partial charge in [-0.3, -0.25) is 4.79 Å². The third kappa shape index (κ3) is 5.17. The van der Waals surface area contributed by atoms with E-state index < -0.39 is 0 Å². The summed E-state index contributed by atoms with van der Waals surface area (Å²) in [7, 11) is 0. The van der Waals surface area contributed by atoms with Gasteiger partial charge in [-0.2, -0.15) is 5.21 Å². The first-order chi connectivity index (χ1) is 16.0. The summed E-state index contributed by atoms with van der Waals surface area (Å²) >= 11 is 0. The van der Waals surface area contributed by atoms with Crippen LogP contribution in [0.2, 0.25) is 0 Å². The fourth-order valence-electron chi connectivity index (χ4n) is 3.58. The predicted molar refractivity (Wildman–Crippen MR) is 126 cm³/mol. The second kappa shape index (κ2) is 9.95. The Morgan fingerprint density at radius 2 is 1.91 bits per heavy atom. The Bertz CT molecular complexity index is 1240. The topological polar surface area (TPSA) is 113 Å². The van der Waals surface area contributed by atoms with E-state index in [4.69, 9.17) is 4.74 Å². The number of rotatable bonds is 9. The molecule has 4 rings (SSSR count). The number of phenols is 1. The average molecular weight is 444 g/mol. The van der Waals surface area contributed by atoms with Crippen LogP contribution in [0.25, 0.3) is 11.4 Å². The van der Waals surface area contributed by atoms with Gasteiger partial charge in [0.15, 0.2) is 5.78 Å². The highest BCUT2D eigenvalue weighted by Crippen LogP contribution is 2.33. The van der Waals surface area contributed by atoms with E-state index in [1.54, 1.807) is 12.1 Å². The molecule has 0 spiro atoms. The van der Waals surface area contributed by atoms with Crippen molar-refractivity contribution in [1.29, 1.82) is 0 Å². The lowest BCUT2D eigenvalue weighted by Crippen LogP contribution is -2.03. The minimum Gasteiger partial charge on any atom is -0.507 e. The number of tetrazole rings is 1. The summed E-state index contributed by atoms with van der Waals surface area (Å²) < 4.78 is 6.03. The standard InChI is InChI=1S/C25H25N5O3/c1-3-5-22-23(13-12-21(16(2)31)24(22)32)33-15-17-6-4-7-20(14-17)26-19-10-8-18(9-11-19)25-27-29-30-28-25/h4,6-14,26,32H,3,5,15H2,1-2H3,(H,27,28,29,30). The van der Waals surface area contributed by atoms with Gasteiger partial charge in [-0.1, -0.05) is 25.5 Å². The van der Waals surface area contributed by atoms with Crippen molar-refractivity contribution < 1.29 is 14.6 Å². The highest BCUT2D eigenvalue weighted by atomic mass is 16.5. The molecule has 168 valence electrons. The molecule has 0 atom stereocenters. The highest BCUT2D eigenvalue weighted by molar-refractivity contribution is 5.97. The number of aromatic amines is 1. The fraction of sp³-hybridized carbons (Fsp3) is 0.200. The first kappa shape index (κ1) is 22.0. The number of Topliss-reactive ketones (excluding diaryl/α,β-unsaturated/α-hetero) is 1. The number of aromatic hydroxyl groups is 1. The average Bonchev–Trinajstić information content (AvgIpc) is 3.35. The van der Waals surface area contributed by atoms with E-state index in [-0.39, 0.29) is 11.5 Å². The van der Waals surface area contributed by atoms with Crippen LogP contribution in [0.3, 0.4) is 0 Å². The summed E-state index contributed by atoms with van der Waals surface area (Å²) in [4.78, 5) is 11.8. The summed E-state index contributed by atoms with van der Waals surface area (Å²) in [5.74, 6) is 0.988. The van der Waals surface area contributed by atoms with Gasteiger partial charge in [-0.15, -0.1) is 10.2 Å². The SMILES string of the molecule is CCCc1c(OCc2cccc(Nc3ccc(-c4nn[nH]n4)cc3)c2)ccc(C(C)=O)c1O. The van der Waals surface area contributed by atoms with Gasteiger partial charge in [0.05, 0.1) is 5.56 Å². The molecule has 0 unspecified atom stereocenters. The second-order valence-electron chi connectivity index (χ2n) is 7.67. The van der Waals surface area contributed by atoms with E-state index in [1.807, 2.05) is 55.5 Å². The molecule has 0 radical (unpaired) electrons. The Morgan fingerprint density at radius 1 is 1.09 bits per heavy atom. The number of anilines is 2. The number of carbonyl (C=O) groups is 1. The second-order valence-corrected chi connectivity index (χ2v) is 7.67. The number of carbonyl (C=O) groups excluding carboxylic acids is 1. The molecule has 3 N–H and O–H groups in total. The fourth-order valence-corrected chi connectivity index (χ4v) is 3.58. The van der Waals surface area contributed by atoms with Gasteiger partial charge in [0.2, 0.25) is 5.82 Å². The Morgan fingerprint density at radius 3 is 2.61 bits per heavy atom. The quantitative estimate of drug-likeness (QED) is 0.310. The van der Waals surface area contributed by atoms with Gasteiger partial charge in [-0.05, 0) is 72.7 Å². The molecular formula is C25H25N5O3. The van der Waals surface area contributed by atoms with Crippen LogP contribution in [-0.2, 0) is 13.0 Å². The number of ketones is 1. The molecule has 0 saturated heterocycles. The highest BCUT2D eigenvalue weighted by Gasteiger charge is 2.16. The van der Waals surface area contributed by atoms with Crippen LogP contribution < -0.4 is 10.1 Å². The lowest BCUT2D eigenvalue weighted by Gasteiger charge is -2.15. The minimum atomic E-state index is -0.166. The number of aromatic nitrogens is 4. The monoisotopic (exact) mass is 443 g/mol. The van der Waals surface area contributed by atoms with Crippen LogP contribution in [0.5, 0.6) is 11.5 Å². The summed E-state index contributed by atoms with van der Waals surface area (Å²) in [6.07, 6.45) is 1.46. The van der Waals surface area contributed by atoms with Crippen LogP contribution >= 0.6 is 0 Å². The van der Waals surface area contributed by atoms with E-state index in [2.05, 4.69) is 25.9 Å². The Balaban J connectivity index is 1.45. The first-order valence-electron chi connectivity index (χ1n) is 10.7. The molecule has 3 aromatic carbocycles. The Labute approximate surface area is 191 Å². The zero-order valence-electron chi connectivity index (χ0n) is 18.5. The zero-order valence-corrected chi connectivity index (χ0v) is 18.5. The maximum absolute atomic E-state index is 11.8. The van der Waals surface area contributed by atoms with Crippen molar-refractivity contribution in [3.63, 3.8) is 0 Å². The van der Waals surface area contributed by atoms with Crippen LogP contribution in [0.1, 0.15) is 41.8 Å². The molecule has 0 aliphatic carbocycles. The van der Waals surface area contributed by atoms with Crippen LogP contribution in [0.15, 0.2) is 60.7 Å². The molecule has 0 fully saturated rings. The molecular weight excluding hydrogens is 418 g/mol. The van der Waals surface area contributed by atoms with Crippen LogP contribution in [0, 0.1) is 0 Å². The summed E-state index contributed by atoms with van der Waals surface area (Å²) in [6.45, 7) is 3.80. The largest absolute Gasteiger partial charge is 0.507 e. The minimum absolute atomic E-state index is 0.0153. The first-order valence-corrected chi connectivity index (χ1v) is 10.7. The molecule has 8 heteroatoms. The van der Waals surface area contributed by atoms with Crippen molar-refractivity contribution in [3.05, 3.63) is 77.4 Å². The van der Waals surface area contributed by atoms with Crippen LogP contribution in [-0.4, -0.2) is 31.5 Å². The number of phenolic OH excluding ortho intramolecular Hbond substituents is 1. The van der Waals surface area contributed by atoms with E-state index in [1.165, 1.54) is 6.92 Å². The van der Waals surface area contributed by atoms with Crippen molar-refractivity contribution in [3.8, 4) is 22.9 Å². The third-order valence-corrected chi connectivity index (χ3v) is 5.22. The number of ether oxygens (including phenoxy) is 1. The molecule has 0 aliphatic rings. The number of nitrogens with zero attached hydrogens (tertiary/aromatic N) is 3. The summed E-state index contributed by atoms with van der Waals surface area (Å²) in [5.41, 5.74) is 4.69. The molecule has 1 heterocycles.